The highest BCUT2D eigenvalue weighted by Gasteiger charge is 2.28. The number of hydrogen-bond donors (Lipinski definition) is 0. The maximum atomic E-state index is 13.1. The molecule has 3 heterocycles. The van der Waals surface area contributed by atoms with E-state index in [0.717, 1.165) is 48.8 Å². The number of aryl methyl sites for hydroxylation is 2. The number of fused-ring (bicyclic) bond motifs is 3. The normalized spacial score (nSPS) is 17.4. The summed E-state index contributed by atoms with van der Waals surface area (Å²) in [6.07, 6.45) is 7.13. The molecule has 1 aromatic carbocycles. The zero-order chi connectivity index (χ0) is 23.7. The summed E-state index contributed by atoms with van der Waals surface area (Å²) in [5.41, 5.74) is 2.16. The third kappa shape index (κ3) is 4.38. The summed E-state index contributed by atoms with van der Waals surface area (Å²) < 4.78 is 5.30. The number of aromatic nitrogens is 2. The van der Waals surface area contributed by atoms with E-state index < -0.39 is 0 Å². The van der Waals surface area contributed by atoms with Crippen LogP contribution in [0, 0.1) is 0 Å². The number of rotatable bonds is 5. The molecule has 6 nitrogen and oxygen atoms in total. The molecule has 0 spiro atoms. The molecule has 0 bridgehead atoms. The highest BCUT2D eigenvalue weighted by molar-refractivity contribution is 7.19. The predicted molar refractivity (Wildman–Crippen MR) is 138 cm³/mol. The van der Waals surface area contributed by atoms with Gasteiger partial charge in [0.25, 0.3) is 5.91 Å². The molecule has 1 aliphatic heterocycles. The Bertz CT molecular complexity index is 1180. The van der Waals surface area contributed by atoms with Crippen molar-refractivity contribution in [2.75, 3.05) is 38.2 Å². The molecular formula is C27H34N4O2S. The minimum atomic E-state index is 0.0658. The molecule has 0 unspecified atom stereocenters. The van der Waals surface area contributed by atoms with Crippen molar-refractivity contribution in [1.29, 1.82) is 0 Å². The second kappa shape index (κ2) is 9.90. The molecule has 1 saturated heterocycles. The number of carbonyl (C=O) groups is 1. The third-order valence-electron chi connectivity index (χ3n) is 7.30. The summed E-state index contributed by atoms with van der Waals surface area (Å²) in [6.45, 7) is 7.36. The predicted octanol–water partition coefficient (Wildman–Crippen LogP) is 5.44. The number of amides is 1. The summed E-state index contributed by atoms with van der Waals surface area (Å²) >= 11 is 1.89. The first-order chi connectivity index (χ1) is 16.6. The molecule has 2 aliphatic rings. The van der Waals surface area contributed by atoms with Gasteiger partial charge in [-0.1, -0.05) is 26.3 Å². The molecule has 3 aromatic rings. The lowest BCUT2D eigenvalue weighted by atomic mass is 10.1. The van der Waals surface area contributed by atoms with Gasteiger partial charge in [-0.05, 0) is 55.9 Å². The molecule has 0 N–H and O–H groups in total. The van der Waals surface area contributed by atoms with E-state index in [1.54, 1.807) is 7.11 Å². The van der Waals surface area contributed by atoms with E-state index in [2.05, 4.69) is 18.7 Å². The van der Waals surface area contributed by atoms with Gasteiger partial charge < -0.3 is 14.5 Å². The van der Waals surface area contributed by atoms with E-state index in [9.17, 15) is 4.79 Å². The van der Waals surface area contributed by atoms with Crippen LogP contribution in [0.15, 0.2) is 24.3 Å². The molecule has 0 saturated carbocycles. The van der Waals surface area contributed by atoms with E-state index in [1.165, 1.54) is 35.1 Å². The molecule has 5 rings (SSSR count). The fraction of sp³-hybridized carbons (Fsp3) is 0.519. The van der Waals surface area contributed by atoms with Crippen LogP contribution in [0.4, 0.5) is 5.82 Å². The number of nitrogens with zero attached hydrogens (tertiary/aromatic N) is 4. The van der Waals surface area contributed by atoms with E-state index in [0.29, 0.717) is 30.3 Å². The molecule has 0 radical (unpaired) electrons. The van der Waals surface area contributed by atoms with E-state index in [4.69, 9.17) is 14.7 Å². The molecule has 180 valence electrons. The van der Waals surface area contributed by atoms with Crippen molar-refractivity contribution in [3.63, 3.8) is 0 Å². The monoisotopic (exact) mass is 478 g/mol. The van der Waals surface area contributed by atoms with Crippen LogP contribution in [-0.2, 0) is 12.8 Å². The standard InChI is InChI=1S/C27H34N4O2S/c1-4-18(2)24-28-25(23-21-11-6-5-7-12-22(21)34-26(23)29-24)30-13-15-31(16-14-30)27(32)19-9-8-10-20(17-19)33-3/h8-10,17-18H,4-7,11-16H2,1-3H3/t18-/m1/s1. The lowest BCUT2D eigenvalue weighted by Crippen LogP contribution is -2.49. The molecule has 34 heavy (non-hydrogen) atoms. The van der Waals surface area contributed by atoms with Crippen LogP contribution in [0.5, 0.6) is 5.75 Å². The van der Waals surface area contributed by atoms with Gasteiger partial charge in [-0.25, -0.2) is 9.97 Å². The lowest BCUT2D eigenvalue weighted by molar-refractivity contribution is 0.0746. The molecule has 1 amide bonds. The Balaban J connectivity index is 1.43. The van der Waals surface area contributed by atoms with E-state index in [-0.39, 0.29) is 5.91 Å². The summed E-state index contributed by atoms with van der Waals surface area (Å²) in [7, 11) is 1.63. The van der Waals surface area contributed by atoms with Crippen molar-refractivity contribution in [3.8, 4) is 5.75 Å². The average molecular weight is 479 g/mol. The third-order valence-corrected chi connectivity index (χ3v) is 8.48. The number of carbonyl (C=O) groups excluding carboxylic acids is 1. The summed E-state index contributed by atoms with van der Waals surface area (Å²) in [4.78, 5) is 30.3. The maximum absolute atomic E-state index is 13.1. The second-order valence-corrected chi connectivity index (χ2v) is 10.6. The van der Waals surface area contributed by atoms with Crippen LogP contribution in [-0.4, -0.2) is 54.1 Å². The number of methoxy groups -OCH3 is 1. The van der Waals surface area contributed by atoms with Gasteiger partial charge in [-0.2, -0.15) is 0 Å². The quantitative estimate of drug-likeness (QED) is 0.457. The minimum absolute atomic E-state index is 0.0658. The Kier molecular flexibility index (Phi) is 6.73. The second-order valence-electron chi connectivity index (χ2n) is 9.47. The Morgan fingerprint density at radius 3 is 2.68 bits per heavy atom. The van der Waals surface area contributed by atoms with Gasteiger partial charge >= 0.3 is 0 Å². The van der Waals surface area contributed by atoms with Gasteiger partial charge in [0.2, 0.25) is 0 Å². The number of ether oxygens (including phenoxy) is 1. The van der Waals surface area contributed by atoms with Gasteiger partial charge in [0, 0.05) is 42.5 Å². The minimum Gasteiger partial charge on any atom is -0.497 e. The van der Waals surface area contributed by atoms with Crippen LogP contribution in [0.1, 0.15) is 72.1 Å². The van der Waals surface area contributed by atoms with Crippen LogP contribution in [0.25, 0.3) is 10.2 Å². The fourth-order valence-electron chi connectivity index (χ4n) is 5.02. The van der Waals surface area contributed by atoms with Gasteiger partial charge in [0.1, 0.15) is 22.2 Å². The summed E-state index contributed by atoms with van der Waals surface area (Å²) in [5.74, 6) is 3.16. The van der Waals surface area contributed by atoms with Gasteiger partial charge in [-0.15, -0.1) is 11.3 Å². The first-order valence-electron chi connectivity index (χ1n) is 12.6. The van der Waals surface area contributed by atoms with E-state index in [1.807, 2.05) is 40.5 Å². The van der Waals surface area contributed by atoms with Crippen LogP contribution in [0.3, 0.4) is 0 Å². The molecule has 1 aliphatic carbocycles. The molecule has 1 atom stereocenters. The van der Waals surface area contributed by atoms with Crippen LogP contribution in [0.2, 0.25) is 0 Å². The highest BCUT2D eigenvalue weighted by atomic mass is 32.1. The van der Waals surface area contributed by atoms with Crippen molar-refractivity contribution in [2.45, 2.75) is 58.3 Å². The Morgan fingerprint density at radius 2 is 1.91 bits per heavy atom. The van der Waals surface area contributed by atoms with Crippen LogP contribution < -0.4 is 9.64 Å². The number of thiophene rings is 1. The number of piperazine rings is 1. The SMILES string of the molecule is CC[C@@H](C)c1nc(N2CCN(C(=O)c3cccc(OC)c3)CC2)c2c3c(sc2n1)CCCCC3. The molecule has 7 heteroatoms. The number of benzene rings is 1. The first kappa shape index (κ1) is 23.1. The largest absolute Gasteiger partial charge is 0.497 e. The lowest BCUT2D eigenvalue weighted by Gasteiger charge is -2.36. The molecule has 2 aromatic heterocycles. The maximum Gasteiger partial charge on any atom is 0.254 e. The molecular weight excluding hydrogens is 444 g/mol. The fourth-order valence-corrected chi connectivity index (χ4v) is 6.29. The Morgan fingerprint density at radius 1 is 1.12 bits per heavy atom. The van der Waals surface area contributed by atoms with E-state index >= 15 is 0 Å². The highest BCUT2D eigenvalue weighted by Crippen LogP contribution is 2.40. The Labute approximate surface area is 206 Å². The van der Waals surface area contributed by atoms with Crippen LogP contribution >= 0.6 is 11.3 Å². The molecule has 1 fully saturated rings. The van der Waals surface area contributed by atoms with Gasteiger partial charge in [0.15, 0.2) is 0 Å². The summed E-state index contributed by atoms with van der Waals surface area (Å²) in [6, 6.07) is 7.43. The van der Waals surface area contributed by atoms with Gasteiger partial charge in [-0.3, -0.25) is 4.79 Å². The smallest absolute Gasteiger partial charge is 0.254 e. The summed E-state index contributed by atoms with van der Waals surface area (Å²) in [5, 5.41) is 1.28. The number of hydrogen-bond acceptors (Lipinski definition) is 6. The zero-order valence-corrected chi connectivity index (χ0v) is 21.3. The van der Waals surface area contributed by atoms with Crippen molar-refractivity contribution < 1.29 is 9.53 Å². The van der Waals surface area contributed by atoms with Crippen molar-refractivity contribution in [3.05, 3.63) is 46.1 Å². The first-order valence-corrected chi connectivity index (χ1v) is 13.4. The number of anilines is 1. The average Bonchev–Trinajstić information content (AvgIpc) is 3.08. The van der Waals surface area contributed by atoms with Crippen molar-refractivity contribution >= 4 is 33.3 Å². The van der Waals surface area contributed by atoms with Crippen molar-refractivity contribution in [2.24, 2.45) is 0 Å². The van der Waals surface area contributed by atoms with Gasteiger partial charge in [0.05, 0.1) is 12.5 Å². The van der Waals surface area contributed by atoms with Crippen molar-refractivity contribution in [1.82, 2.24) is 14.9 Å². The Hall–Kier alpha value is -2.67. The zero-order valence-electron chi connectivity index (χ0n) is 20.5. The topological polar surface area (TPSA) is 58.6 Å².